The molecule has 3 rings (SSSR count). The lowest BCUT2D eigenvalue weighted by Crippen LogP contribution is -2.26. The average Bonchev–Trinajstić information content (AvgIpc) is 2.82. The van der Waals surface area contributed by atoms with Gasteiger partial charge in [0, 0.05) is 17.6 Å². The summed E-state index contributed by atoms with van der Waals surface area (Å²) in [5.74, 6) is 2.11. The molecule has 3 nitrogen and oxygen atoms in total. The largest absolute Gasteiger partial charge is 0.329 e. The molecule has 0 aromatic carbocycles. The molecule has 0 amide bonds. The summed E-state index contributed by atoms with van der Waals surface area (Å²) in [6.07, 6.45) is 8.93. The molecule has 3 atom stereocenters. The quantitative estimate of drug-likeness (QED) is 0.768. The third kappa shape index (κ3) is 2.26. The van der Waals surface area contributed by atoms with Crippen molar-refractivity contribution in [3.63, 3.8) is 0 Å². The summed E-state index contributed by atoms with van der Waals surface area (Å²) in [6, 6.07) is 2.58. The number of hydrogen-bond acceptors (Lipinski definition) is 2. The number of allylic oxidation sites excluding steroid dienone is 1. The fourth-order valence-electron chi connectivity index (χ4n) is 3.36. The van der Waals surface area contributed by atoms with Gasteiger partial charge in [-0.15, -0.1) is 0 Å². The Labute approximate surface area is 120 Å². The van der Waals surface area contributed by atoms with Crippen LogP contribution in [0.15, 0.2) is 24.4 Å². The van der Waals surface area contributed by atoms with Gasteiger partial charge in [-0.1, -0.05) is 19.1 Å². The van der Waals surface area contributed by atoms with E-state index in [-0.39, 0.29) is 0 Å². The third-order valence-corrected chi connectivity index (χ3v) is 4.70. The highest BCUT2D eigenvalue weighted by Gasteiger charge is 2.30. The highest BCUT2D eigenvalue weighted by Crippen LogP contribution is 2.40. The maximum Gasteiger partial charge on any atom is 0.144 e. The lowest BCUT2D eigenvalue weighted by molar-refractivity contribution is 0.219. The molecule has 0 spiro atoms. The first-order chi connectivity index (χ1) is 9.56. The molecule has 2 unspecified atom stereocenters. The molecule has 3 heteroatoms. The van der Waals surface area contributed by atoms with Gasteiger partial charge in [0.05, 0.1) is 0 Å². The molecule has 2 aromatic rings. The van der Waals surface area contributed by atoms with Crippen LogP contribution >= 0.6 is 0 Å². The Bertz CT molecular complexity index is 641. The van der Waals surface area contributed by atoms with Gasteiger partial charge in [0.1, 0.15) is 17.7 Å². The number of rotatable bonds is 2. The molecule has 1 aliphatic rings. The van der Waals surface area contributed by atoms with Crippen LogP contribution in [0, 0.1) is 25.0 Å². The first-order valence-electron chi connectivity index (χ1n) is 7.44. The molecule has 1 radical (unpaired) electrons. The van der Waals surface area contributed by atoms with Crippen molar-refractivity contribution < 1.29 is 0 Å². The van der Waals surface area contributed by atoms with Gasteiger partial charge in [0.15, 0.2) is 0 Å². The van der Waals surface area contributed by atoms with E-state index in [2.05, 4.69) is 53.4 Å². The second-order valence-corrected chi connectivity index (χ2v) is 6.24. The molecule has 20 heavy (non-hydrogen) atoms. The van der Waals surface area contributed by atoms with Crippen LogP contribution in [0.2, 0.25) is 0 Å². The average molecular weight is 268 g/mol. The second-order valence-electron chi connectivity index (χ2n) is 6.24. The van der Waals surface area contributed by atoms with E-state index in [1.54, 1.807) is 0 Å². The summed E-state index contributed by atoms with van der Waals surface area (Å²) in [5.41, 5.74) is 2.34. The molecule has 1 saturated carbocycles. The Morgan fingerprint density at radius 3 is 3.00 bits per heavy atom. The summed E-state index contributed by atoms with van der Waals surface area (Å²) in [6.45, 7) is 10.6. The fourth-order valence-corrected chi connectivity index (χ4v) is 3.36. The maximum atomic E-state index is 4.61. The van der Waals surface area contributed by atoms with Crippen molar-refractivity contribution in [1.29, 1.82) is 0 Å². The Morgan fingerprint density at radius 1 is 1.45 bits per heavy atom. The first kappa shape index (κ1) is 13.3. The van der Waals surface area contributed by atoms with E-state index in [1.807, 2.05) is 6.92 Å². The van der Waals surface area contributed by atoms with Crippen molar-refractivity contribution in [2.75, 3.05) is 0 Å². The number of fused-ring (bicyclic) bond motifs is 1. The van der Waals surface area contributed by atoms with Crippen LogP contribution in [0.5, 0.6) is 0 Å². The second kappa shape index (κ2) is 5.04. The van der Waals surface area contributed by atoms with Gasteiger partial charge < -0.3 is 4.57 Å². The summed E-state index contributed by atoms with van der Waals surface area (Å²) in [7, 11) is 0. The highest BCUT2D eigenvalue weighted by atomic mass is 15.1. The molecule has 105 valence electrons. The minimum Gasteiger partial charge on any atom is -0.329 e. The molecular weight excluding hydrogens is 246 g/mol. The predicted octanol–water partition coefficient (Wildman–Crippen LogP) is 4.09. The Balaban J connectivity index is 2.00. The smallest absolute Gasteiger partial charge is 0.144 e. The van der Waals surface area contributed by atoms with Gasteiger partial charge in [-0.2, -0.15) is 0 Å². The molecule has 1 fully saturated rings. The van der Waals surface area contributed by atoms with Gasteiger partial charge in [0.2, 0.25) is 0 Å². The molecule has 0 bridgehead atoms. The molecule has 2 aromatic heterocycles. The van der Waals surface area contributed by atoms with E-state index in [0.29, 0.717) is 17.9 Å². The highest BCUT2D eigenvalue weighted by molar-refractivity contribution is 5.74. The van der Waals surface area contributed by atoms with Crippen molar-refractivity contribution in [3.05, 3.63) is 36.4 Å². The zero-order valence-corrected chi connectivity index (χ0v) is 12.6. The first-order valence-corrected chi connectivity index (χ1v) is 7.44. The topological polar surface area (TPSA) is 30.7 Å². The van der Waals surface area contributed by atoms with Crippen LogP contribution in [0.3, 0.4) is 0 Å². The molecule has 0 N–H and O–H groups in total. The van der Waals surface area contributed by atoms with E-state index in [1.165, 1.54) is 24.8 Å². The van der Waals surface area contributed by atoms with Crippen molar-refractivity contribution in [2.24, 2.45) is 11.8 Å². The maximum absolute atomic E-state index is 4.61. The van der Waals surface area contributed by atoms with Crippen molar-refractivity contribution in [2.45, 2.75) is 46.1 Å². The Morgan fingerprint density at radius 2 is 2.25 bits per heavy atom. The Hall–Kier alpha value is -1.64. The van der Waals surface area contributed by atoms with E-state index >= 15 is 0 Å². The Kier molecular flexibility index (Phi) is 3.36. The molecule has 2 heterocycles. The monoisotopic (exact) mass is 268 g/mol. The van der Waals surface area contributed by atoms with Gasteiger partial charge >= 0.3 is 0 Å². The lowest BCUT2D eigenvalue weighted by Gasteiger charge is -2.35. The van der Waals surface area contributed by atoms with Gasteiger partial charge in [-0.3, -0.25) is 0 Å². The van der Waals surface area contributed by atoms with Gasteiger partial charge in [0.25, 0.3) is 0 Å². The standard InChI is InChI=1S/C17H22N3/c1-11(2)14-6-5-12(3)16(9-14)20-8-7-15-10-18-13(4)19-17(15)20/h7-8,12,14,16H,1,5-6,9H2,2-4H3/t12?,14-,16?/m0/s1. The lowest BCUT2D eigenvalue weighted by atomic mass is 9.76. The van der Waals surface area contributed by atoms with Crippen LogP contribution in [-0.2, 0) is 0 Å². The molecule has 0 aliphatic heterocycles. The molecule has 0 saturated heterocycles. The number of aromatic nitrogens is 3. The normalized spacial score (nSPS) is 26.9. The predicted molar refractivity (Wildman–Crippen MR) is 81.5 cm³/mol. The van der Waals surface area contributed by atoms with Crippen LogP contribution < -0.4 is 0 Å². The zero-order chi connectivity index (χ0) is 14.3. The SMILES string of the molecule is C=C(C)[C@H]1CCC(C)C(n2ccc3[c]nc(C)nc32)C1. The van der Waals surface area contributed by atoms with Crippen LogP contribution in [-0.4, -0.2) is 14.5 Å². The zero-order valence-electron chi connectivity index (χ0n) is 12.6. The summed E-state index contributed by atoms with van der Waals surface area (Å²) < 4.78 is 2.33. The van der Waals surface area contributed by atoms with Crippen molar-refractivity contribution in [1.82, 2.24) is 14.5 Å². The van der Waals surface area contributed by atoms with E-state index in [9.17, 15) is 0 Å². The minimum absolute atomic E-state index is 0.505. The van der Waals surface area contributed by atoms with E-state index < -0.39 is 0 Å². The summed E-state index contributed by atoms with van der Waals surface area (Å²) in [4.78, 5) is 8.78. The number of aryl methyl sites for hydroxylation is 1. The van der Waals surface area contributed by atoms with E-state index in [4.69, 9.17) is 0 Å². The number of nitrogens with zero attached hydrogens (tertiary/aromatic N) is 3. The minimum atomic E-state index is 0.505. The summed E-state index contributed by atoms with van der Waals surface area (Å²) >= 11 is 0. The summed E-state index contributed by atoms with van der Waals surface area (Å²) in [5, 5.41) is 1.01. The van der Waals surface area contributed by atoms with E-state index in [0.717, 1.165) is 16.9 Å². The van der Waals surface area contributed by atoms with Crippen LogP contribution in [0.1, 0.15) is 45.0 Å². The van der Waals surface area contributed by atoms with Crippen molar-refractivity contribution >= 4 is 11.0 Å². The number of hydrogen-bond donors (Lipinski definition) is 0. The van der Waals surface area contributed by atoms with Gasteiger partial charge in [-0.05, 0) is 51.0 Å². The van der Waals surface area contributed by atoms with Crippen molar-refractivity contribution in [3.8, 4) is 0 Å². The van der Waals surface area contributed by atoms with Crippen LogP contribution in [0.4, 0.5) is 0 Å². The van der Waals surface area contributed by atoms with Crippen LogP contribution in [0.25, 0.3) is 11.0 Å². The molecular formula is C17H22N3. The third-order valence-electron chi connectivity index (χ3n) is 4.70. The van der Waals surface area contributed by atoms with Gasteiger partial charge in [-0.25, -0.2) is 9.97 Å². The fraction of sp³-hybridized carbons (Fsp3) is 0.529. The molecule has 1 aliphatic carbocycles.